The van der Waals surface area contributed by atoms with E-state index in [1.807, 2.05) is 0 Å². The molecular formula is C12H13F7O7S. The van der Waals surface area contributed by atoms with Crippen molar-refractivity contribution in [1.29, 1.82) is 0 Å². The number of ether oxygens (including phenoxy) is 2. The van der Waals surface area contributed by atoms with Gasteiger partial charge in [0.1, 0.15) is 0 Å². The molecule has 158 valence electrons. The third kappa shape index (κ3) is 6.64. The first kappa shape index (κ1) is 25.1. The number of halogens is 7. The molecule has 0 bridgehead atoms. The first-order valence-electron chi connectivity index (χ1n) is 6.52. The topological polar surface area (TPSA) is 107 Å². The molecule has 1 N–H and O–H groups in total. The summed E-state index contributed by atoms with van der Waals surface area (Å²) in [6, 6.07) is 0. The van der Waals surface area contributed by atoms with Gasteiger partial charge in [-0.2, -0.15) is 39.2 Å². The Bertz CT molecular complexity index is 710. The predicted molar refractivity (Wildman–Crippen MR) is 72.4 cm³/mol. The highest BCUT2D eigenvalue weighted by atomic mass is 32.2. The van der Waals surface area contributed by atoms with Gasteiger partial charge in [0.15, 0.2) is 12.2 Å². The van der Waals surface area contributed by atoms with E-state index < -0.39 is 63.6 Å². The summed E-state index contributed by atoms with van der Waals surface area (Å²) in [5.41, 5.74) is -4.47. The molecule has 0 unspecified atom stereocenters. The van der Waals surface area contributed by atoms with Gasteiger partial charge in [0, 0.05) is 5.57 Å². The Labute approximate surface area is 147 Å². The van der Waals surface area contributed by atoms with Gasteiger partial charge in [-0.15, -0.1) is 0 Å². The molecule has 0 fully saturated rings. The first-order valence-corrected chi connectivity index (χ1v) is 7.96. The molecule has 0 heterocycles. The van der Waals surface area contributed by atoms with E-state index in [1.54, 1.807) is 0 Å². The van der Waals surface area contributed by atoms with Crippen molar-refractivity contribution in [3.63, 3.8) is 0 Å². The molecule has 0 spiro atoms. The molecular weight excluding hydrogens is 421 g/mol. The van der Waals surface area contributed by atoms with Crippen LogP contribution < -0.4 is 0 Å². The maximum absolute atomic E-state index is 14.0. The van der Waals surface area contributed by atoms with Crippen molar-refractivity contribution in [3.8, 4) is 0 Å². The van der Waals surface area contributed by atoms with Crippen molar-refractivity contribution >= 4 is 22.1 Å². The Morgan fingerprint density at radius 2 is 1.48 bits per heavy atom. The Hall–Kier alpha value is -1.90. The summed E-state index contributed by atoms with van der Waals surface area (Å²) in [4.78, 5) is 22.7. The molecule has 0 saturated heterocycles. The second kappa shape index (κ2) is 7.61. The molecule has 0 aromatic heterocycles. The number of rotatable bonds is 8. The van der Waals surface area contributed by atoms with Crippen LogP contribution in [0.4, 0.5) is 30.7 Å². The van der Waals surface area contributed by atoms with Gasteiger partial charge in [0.05, 0.1) is 6.42 Å². The number of hydrogen-bond acceptors (Lipinski definition) is 6. The molecule has 0 aliphatic carbocycles. The average Bonchev–Trinajstić information content (AvgIpc) is 2.40. The lowest BCUT2D eigenvalue weighted by Gasteiger charge is -2.32. The van der Waals surface area contributed by atoms with Crippen LogP contribution in [-0.2, 0) is 29.2 Å². The highest BCUT2D eigenvalue weighted by molar-refractivity contribution is 7.86. The standard InChI is InChI=1S/C12H13F7O7S/c1-6(4-10(13,14)15)7(20)26-9(2,3)12(18,19)8(21)25-5-11(16,17)27(22,23)24/h1,4-5H2,2-3H3,(H,22,23,24). The van der Waals surface area contributed by atoms with Gasteiger partial charge in [0.2, 0.25) is 0 Å². The van der Waals surface area contributed by atoms with Crippen molar-refractivity contribution in [1.82, 2.24) is 0 Å². The highest BCUT2D eigenvalue weighted by Crippen LogP contribution is 2.35. The van der Waals surface area contributed by atoms with E-state index >= 15 is 0 Å². The Kier molecular flexibility index (Phi) is 7.08. The van der Waals surface area contributed by atoms with Crippen LogP contribution >= 0.6 is 0 Å². The van der Waals surface area contributed by atoms with Gasteiger partial charge >= 0.3 is 39.4 Å². The largest absolute Gasteiger partial charge is 0.453 e. The smallest absolute Gasteiger partial charge is 0.402 e. The fourth-order valence-corrected chi connectivity index (χ4v) is 1.45. The van der Waals surface area contributed by atoms with Crippen LogP contribution in [0, 0.1) is 0 Å². The average molecular weight is 434 g/mol. The lowest BCUT2D eigenvalue weighted by atomic mass is 10.00. The van der Waals surface area contributed by atoms with E-state index in [2.05, 4.69) is 16.1 Å². The van der Waals surface area contributed by atoms with Crippen LogP contribution in [0.1, 0.15) is 20.3 Å². The third-order valence-electron chi connectivity index (χ3n) is 2.81. The molecule has 7 nitrogen and oxygen atoms in total. The lowest BCUT2D eigenvalue weighted by molar-refractivity contribution is -0.219. The minimum atomic E-state index is -6.09. The van der Waals surface area contributed by atoms with Gasteiger partial charge in [-0.05, 0) is 13.8 Å². The zero-order valence-electron chi connectivity index (χ0n) is 13.6. The molecule has 0 saturated carbocycles. The van der Waals surface area contributed by atoms with E-state index in [-0.39, 0.29) is 0 Å². The van der Waals surface area contributed by atoms with Crippen molar-refractivity contribution < 1.29 is 62.8 Å². The number of alkyl halides is 7. The molecule has 27 heavy (non-hydrogen) atoms. The quantitative estimate of drug-likeness (QED) is 0.271. The summed E-state index contributed by atoms with van der Waals surface area (Å²) in [5.74, 6) is -9.63. The Balaban J connectivity index is 5.23. The minimum absolute atomic E-state index is 0.355. The number of esters is 2. The number of carbonyl (C=O) groups excluding carboxylic acids is 2. The van der Waals surface area contributed by atoms with Gasteiger partial charge in [-0.1, -0.05) is 6.58 Å². The molecule has 0 aliphatic heterocycles. The van der Waals surface area contributed by atoms with Crippen LogP contribution in [0.2, 0.25) is 0 Å². The summed E-state index contributed by atoms with van der Waals surface area (Å²) >= 11 is 0. The van der Waals surface area contributed by atoms with Crippen molar-refractivity contribution in [2.24, 2.45) is 0 Å². The molecule has 15 heteroatoms. The van der Waals surface area contributed by atoms with Gasteiger partial charge < -0.3 is 9.47 Å². The van der Waals surface area contributed by atoms with E-state index in [1.165, 1.54) is 0 Å². The highest BCUT2D eigenvalue weighted by Gasteiger charge is 2.59. The fraction of sp³-hybridized carbons (Fsp3) is 0.667. The number of hydrogen-bond donors (Lipinski definition) is 1. The van der Waals surface area contributed by atoms with E-state index in [4.69, 9.17) is 4.55 Å². The Morgan fingerprint density at radius 1 is 1.04 bits per heavy atom. The first-order chi connectivity index (χ1) is 11.6. The van der Waals surface area contributed by atoms with Gasteiger partial charge in [-0.3, -0.25) is 4.55 Å². The number of carbonyl (C=O) groups is 2. The third-order valence-corrected chi connectivity index (χ3v) is 3.68. The molecule has 0 aromatic carbocycles. The lowest BCUT2D eigenvalue weighted by Crippen LogP contribution is -2.53. The summed E-state index contributed by atoms with van der Waals surface area (Å²) in [6.45, 7) is 0.913. The molecule has 0 amide bonds. The maximum atomic E-state index is 14.0. The van der Waals surface area contributed by atoms with Gasteiger partial charge in [0.25, 0.3) is 0 Å². The van der Waals surface area contributed by atoms with Crippen LogP contribution in [0.3, 0.4) is 0 Å². The summed E-state index contributed by atoms with van der Waals surface area (Å²) in [6.07, 6.45) is -6.82. The zero-order valence-corrected chi connectivity index (χ0v) is 14.4. The second-order valence-corrected chi connectivity index (χ2v) is 7.11. The van der Waals surface area contributed by atoms with Crippen LogP contribution in [0.15, 0.2) is 12.2 Å². The molecule has 0 rings (SSSR count). The molecule has 0 atom stereocenters. The fourth-order valence-electron chi connectivity index (χ4n) is 1.24. The molecule has 0 radical (unpaired) electrons. The second-order valence-electron chi connectivity index (χ2n) is 5.56. The SMILES string of the molecule is C=C(CC(F)(F)F)C(=O)OC(C)(C)C(F)(F)C(=O)OCC(F)(F)S(=O)(=O)O. The van der Waals surface area contributed by atoms with Crippen LogP contribution in [0.5, 0.6) is 0 Å². The molecule has 0 aliphatic rings. The van der Waals surface area contributed by atoms with Crippen molar-refractivity contribution in [2.75, 3.05) is 6.61 Å². The maximum Gasteiger partial charge on any atom is 0.402 e. The van der Waals surface area contributed by atoms with E-state index in [0.717, 1.165) is 0 Å². The molecule has 0 aromatic rings. The van der Waals surface area contributed by atoms with Crippen molar-refractivity contribution in [3.05, 3.63) is 12.2 Å². The zero-order chi connectivity index (χ0) is 22.1. The summed E-state index contributed by atoms with van der Waals surface area (Å²) in [5, 5.41) is -5.11. The minimum Gasteiger partial charge on any atom is -0.453 e. The van der Waals surface area contributed by atoms with Crippen molar-refractivity contribution in [2.45, 2.75) is 43.2 Å². The Morgan fingerprint density at radius 3 is 1.85 bits per heavy atom. The summed E-state index contributed by atoms with van der Waals surface area (Å²) in [7, 11) is -6.09. The van der Waals surface area contributed by atoms with E-state index in [9.17, 15) is 48.7 Å². The predicted octanol–water partition coefficient (Wildman–Crippen LogP) is 2.48. The van der Waals surface area contributed by atoms with Crippen LogP contribution in [-0.4, -0.2) is 54.5 Å². The van der Waals surface area contributed by atoms with Crippen LogP contribution in [0.25, 0.3) is 0 Å². The monoisotopic (exact) mass is 434 g/mol. The summed E-state index contributed by atoms with van der Waals surface area (Å²) < 4.78 is 126. The van der Waals surface area contributed by atoms with Gasteiger partial charge in [-0.25, -0.2) is 9.59 Å². The van der Waals surface area contributed by atoms with E-state index in [0.29, 0.717) is 13.8 Å². The normalized spacial score (nSPS) is 13.9.